The molecule has 0 unspecified atom stereocenters. The van der Waals surface area contributed by atoms with Gasteiger partial charge in [0.1, 0.15) is 0 Å². The number of amides is 4. The number of benzene rings is 1. The summed E-state index contributed by atoms with van der Waals surface area (Å²) in [5.74, 6) is -1.25. The van der Waals surface area contributed by atoms with Crippen LogP contribution in [0, 0.1) is 27.4 Å². The minimum Gasteiger partial charge on any atom is -0.370 e. The Morgan fingerprint density at radius 3 is 2.32 bits per heavy atom. The summed E-state index contributed by atoms with van der Waals surface area (Å²) in [6, 6.07) is 2.99. The molecule has 2 fully saturated rings. The number of rotatable bonds is 3. The number of anilines is 1. The van der Waals surface area contributed by atoms with Crippen molar-refractivity contribution in [2.24, 2.45) is 17.3 Å². The van der Waals surface area contributed by atoms with Gasteiger partial charge in [-0.2, -0.15) is 0 Å². The Kier molecular flexibility index (Phi) is 5.00. The van der Waals surface area contributed by atoms with E-state index in [9.17, 15) is 24.5 Å². The van der Waals surface area contributed by atoms with E-state index in [0.29, 0.717) is 12.1 Å². The van der Waals surface area contributed by atoms with Crippen LogP contribution in [-0.4, -0.2) is 47.6 Å². The number of carbonyl (C=O) groups excluding carboxylic acids is 3. The third-order valence-corrected chi connectivity index (χ3v) is 6.58. The summed E-state index contributed by atoms with van der Waals surface area (Å²) in [6.07, 6.45) is -0.679. The van der Waals surface area contributed by atoms with Gasteiger partial charge in [-0.25, -0.2) is 4.79 Å². The first-order valence-corrected chi connectivity index (χ1v) is 10.4. The van der Waals surface area contributed by atoms with Gasteiger partial charge in [0.15, 0.2) is 5.41 Å². The van der Waals surface area contributed by atoms with Crippen molar-refractivity contribution < 1.29 is 24.0 Å². The molecule has 3 aliphatic rings. The van der Waals surface area contributed by atoms with E-state index in [2.05, 4.69) is 10.6 Å². The number of fused-ring (bicyclic) bond motifs is 4. The van der Waals surface area contributed by atoms with Gasteiger partial charge in [-0.3, -0.25) is 30.3 Å². The van der Waals surface area contributed by atoms with E-state index in [1.165, 1.54) is 12.1 Å². The van der Waals surface area contributed by atoms with Crippen molar-refractivity contribution >= 4 is 29.2 Å². The molecule has 3 atom stereocenters. The van der Waals surface area contributed by atoms with E-state index in [4.69, 9.17) is 4.74 Å². The average molecular weight is 430 g/mol. The lowest BCUT2D eigenvalue weighted by Crippen LogP contribution is -2.76. The zero-order valence-corrected chi connectivity index (χ0v) is 17.9. The first kappa shape index (κ1) is 21.2. The normalized spacial score (nSPS) is 27.1. The van der Waals surface area contributed by atoms with Gasteiger partial charge in [0.05, 0.1) is 23.2 Å². The zero-order chi connectivity index (χ0) is 22.7. The highest BCUT2D eigenvalue weighted by Crippen LogP contribution is 2.49. The van der Waals surface area contributed by atoms with Crippen LogP contribution in [0.15, 0.2) is 18.2 Å². The van der Waals surface area contributed by atoms with E-state index in [1.807, 2.05) is 32.6 Å². The Labute approximate surface area is 179 Å². The standard InChI is InChI=1S/C21H26N4O6/c1-10(2)15-9-24-14-6-5-13(25(29)30)7-12(14)8-21(17(24)16(31-15)11(3)4)18(26)22-20(28)23-19(21)27/h5-7,10-11,15-17H,8-9H2,1-4H3,(H2,22,23,26,27,28)/t15-,16-,17+/m0/s1. The highest BCUT2D eigenvalue weighted by atomic mass is 16.6. The molecule has 1 spiro atoms. The Morgan fingerprint density at radius 1 is 1.13 bits per heavy atom. The van der Waals surface area contributed by atoms with Crippen molar-refractivity contribution in [2.45, 2.75) is 52.4 Å². The number of hydrogen-bond donors (Lipinski definition) is 2. The Morgan fingerprint density at radius 2 is 1.77 bits per heavy atom. The second-order valence-electron chi connectivity index (χ2n) is 9.18. The molecule has 0 aromatic heterocycles. The minimum absolute atomic E-state index is 0.0243. The van der Waals surface area contributed by atoms with Crippen molar-refractivity contribution in [3.8, 4) is 0 Å². The molecular weight excluding hydrogens is 404 g/mol. The molecule has 3 heterocycles. The number of nitrogens with one attached hydrogen (secondary N) is 2. The smallest absolute Gasteiger partial charge is 0.328 e. The molecule has 31 heavy (non-hydrogen) atoms. The van der Waals surface area contributed by atoms with E-state index in [0.717, 1.165) is 5.69 Å². The number of nitro groups is 1. The predicted molar refractivity (Wildman–Crippen MR) is 110 cm³/mol. The Balaban J connectivity index is 1.94. The molecule has 2 saturated heterocycles. The molecule has 10 nitrogen and oxygen atoms in total. The molecule has 1 aromatic rings. The summed E-state index contributed by atoms with van der Waals surface area (Å²) < 4.78 is 6.41. The fraction of sp³-hybridized carbons (Fsp3) is 0.571. The largest absolute Gasteiger partial charge is 0.370 e. The molecule has 2 N–H and O–H groups in total. The lowest BCUT2D eigenvalue weighted by molar-refractivity contribution is -0.384. The summed E-state index contributed by atoms with van der Waals surface area (Å²) >= 11 is 0. The van der Waals surface area contributed by atoms with Crippen molar-refractivity contribution in [1.82, 2.24) is 10.6 Å². The van der Waals surface area contributed by atoms with Crippen LogP contribution in [-0.2, 0) is 20.7 Å². The first-order chi connectivity index (χ1) is 14.6. The molecular formula is C21H26N4O6. The fourth-order valence-electron chi connectivity index (χ4n) is 4.99. The number of morpholine rings is 1. The van der Waals surface area contributed by atoms with E-state index < -0.39 is 40.3 Å². The van der Waals surface area contributed by atoms with Gasteiger partial charge in [-0.1, -0.05) is 27.7 Å². The quantitative estimate of drug-likeness (QED) is 0.424. The van der Waals surface area contributed by atoms with Gasteiger partial charge in [-0.15, -0.1) is 0 Å². The maximum Gasteiger partial charge on any atom is 0.328 e. The summed E-state index contributed by atoms with van der Waals surface area (Å²) in [6.45, 7) is 8.43. The van der Waals surface area contributed by atoms with Gasteiger partial charge in [0.2, 0.25) is 11.8 Å². The highest BCUT2D eigenvalue weighted by molar-refractivity contribution is 6.20. The maximum atomic E-state index is 13.3. The molecule has 0 radical (unpaired) electrons. The summed E-state index contributed by atoms with van der Waals surface area (Å²) in [7, 11) is 0. The van der Waals surface area contributed by atoms with Crippen LogP contribution in [0.5, 0.6) is 0 Å². The van der Waals surface area contributed by atoms with Crippen LogP contribution in [0.25, 0.3) is 0 Å². The second kappa shape index (κ2) is 7.30. The lowest BCUT2D eigenvalue weighted by Gasteiger charge is -2.57. The zero-order valence-electron chi connectivity index (χ0n) is 17.9. The van der Waals surface area contributed by atoms with Gasteiger partial charge >= 0.3 is 6.03 Å². The van der Waals surface area contributed by atoms with Crippen LogP contribution in [0.1, 0.15) is 33.3 Å². The second-order valence-corrected chi connectivity index (χ2v) is 9.18. The number of carbonyl (C=O) groups is 3. The minimum atomic E-state index is -1.65. The number of hydrogen-bond acceptors (Lipinski definition) is 7. The van der Waals surface area contributed by atoms with Crippen molar-refractivity contribution in [3.63, 3.8) is 0 Å². The third kappa shape index (κ3) is 3.16. The van der Waals surface area contributed by atoms with Gasteiger partial charge in [0.25, 0.3) is 5.69 Å². The van der Waals surface area contributed by atoms with Crippen molar-refractivity contribution in [2.75, 3.05) is 11.4 Å². The molecule has 10 heteroatoms. The van der Waals surface area contributed by atoms with E-state index in [-0.39, 0.29) is 30.0 Å². The number of nitrogens with zero attached hydrogens (tertiary/aromatic N) is 2. The monoisotopic (exact) mass is 430 g/mol. The SMILES string of the molecule is CC(C)[C@@H]1CN2c3ccc([N+](=O)[O-])cc3CC3(C(=O)NC(=O)NC3=O)[C@H]2[C@H](C(C)C)O1. The Bertz CT molecular complexity index is 955. The topological polar surface area (TPSA) is 131 Å². The first-order valence-electron chi connectivity index (χ1n) is 10.4. The van der Waals surface area contributed by atoms with Crippen LogP contribution in [0.4, 0.5) is 16.2 Å². The molecule has 1 aromatic carbocycles. The van der Waals surface area contributed by atoms with Gasteiger partial charge < -0.3 is 9.64 Å². The lowest BCUT2D eigenvalue weighted by atomic mass is 9.65. The predicted octanol–water partition coefficient (Wildman–Crippen LogP) is 1.76. The summed E-state index contributed by atoms with van der Waals surface area (Å²) in [5.41, 5.74) is -0.489. The number of imide groups is 2. The van der Waals surface area contributed by atoms with Crippen molar-refractivity contribution in [3.05, 3.63) is 33.9 Å². The van der Waals surface area contributed by atoms with Crippen molar-refractivity contribution in [1.29, 1.82) is 0 Å². The summed E-state index contributed by atoms with van der Waals surface area (Å²) in [4.78, 5) is 51.2. The molecule has 166 valence electrons. The summed E-state index contributed by atoms with van der Waals surface area (Å²) in [5, 5.41) is 15.8. The molecule has 0 bridgehead atoms. The molecule has 0 saturated carbocycles. The Hall–Kier alpha value is -3.01. The number of urea groups is 1. The van der Waals surface area contributed by atoms with Gasteiger partial charge in [-0.05, 0) is 23.5 Å². The number of ether oxygens (including phenoxy) is 1. The molecule has 4 amide bonds. The molecule has 4 rings (SSSR count). The van der Waals surface area contributed by atoms with Crippen LogP contribution >= 0.6 is 0 Å². The maximum absolute atomic E-state index is 13.3. The molecule has 0 aliphatic carbocycles. The number of non-ortho nitro benzene ring substituents is 1. The van der Waals surface area contributed by atoms with Crippen LogP contribution in [0.2, 0.25) is 0 Å². The van der Waals surface area contributed by atoms with E-state index in [1.54, 1.807) is 6.07 Å². The molecule has 3 aliphatic heterocycles. The van der Waals surface area contributed by atoms with Crippen LogP contribution in [0.3, 0.4) is 0 Å². The third-order valence-electron chi connectivity index (χ3n) is 6.58. The highest BCUT2D eigenvalue weighted by Gasteiger charge is 2.64. The van der Waals surface area contributed by atoms with Gasteiger partial charge in [0, 0.05) is 30.8 Å². The average Bonchev–Trinajstić information content (AvgIpc) is 2.70. The van der Waals surface area contributed by atoms with Crippen LogP contribution < -0.4 is 15.5 Å². The number of nitro benzene ring substituents is 1. The number of barbiturate groups is 1. The fourth-order valence-corrected chi connectivity index (χ4v) is 4.99. The van der Waals surface area contributed by atoms with E-state index >= 15 is 0 Å².